The van der Waals surface area contributed by atoms with Gasteiger partial charge in [-0.05, 0) is 48.4 Å². The van der Waals surface area contributed by atoms with Crippen LogP contribution in [0.2, 0.25) is 0 Å². The van der Waals surface area contributed by atoms with Gasteiger partial charge in [0.15, 0.2) is 11.8 Å². The molecule has 1 aromatic heterocycles. The van der Waals surface area contributed by atoms with Crippen LogP contribution in [0.1, 0.15) is 28.4 Å². The Hall–Kier alpha value is -3.73. The zero-order valence-corrected chi connectivity index (χ0v) is 18.5. The van der Waals surface area contributed by atoms with Crippen molar-refractivity contribution < 1.29 is 19.2 Å². The summed E-state index contributed by atoms with van der Waals surface area (Å²) in [4.78, 5) is 35.9. The molecule has 0 aliphatic heterocycles. The monoisotopic (exact) mass is 455 g/mol. The second-order valence-electron chi connectivity index (χ2n) is 6.85. The van der Waals surface area contributed by atoms with Gasteiger partial charge in [0.1, 0.15) is 6.33 Å². The molecule has 1 heterocycles. The van der Waals surface area contributed by atoms with Gasteiger partial charge in [-0.1, -0.05) is 25.1 Å². The SMILES string of the molecule is CCc1cccc(C)c1NC(=O)COC(=O)c1ccc(Sc2nncn2C)c([N+](=O)[O-])c1. The number of nitrogens with one attached hydrogen (secondary N) is 1. The number of carbonyl (C=O) groups excluding carboxylic acids is 2. The van der Waals surface area contributed by atoms with Crippen LogP contribution in [-0.2, 0) is 23.0 Å². The third-order valence-corrected chi connectivity index (χ3v) is 5.72. The number of aromatic nitrogens is 3. The van der Waals surface area contributed by atoms with Gasteiger partial charge in [-0.2, -0.15) is 0 Å². The number of nitrogens with zero attached hydrogens (tertiary/aromatic N) is 4. The van der Waals surface area contributed by atoms with Crippen molar-refractivity contribution in [2.24, 2.45) is 7.05 Å². The molecule has 0 atom stereocenters. The number of hydrogen-bond acceptors (Lipinski definition) is 8. The van der Waals surface area contributed by atoms with E-state index < -0.39 is 23.4 Å². The fraction of sp³-hybridized carbons (Fsp3) is 0.238. The molecule has 0 aliphatic carbocycles. The van der Waals surface area contributed by atoms with Crippen molar-refractivity contribution in [1.29, 1.82) is 0 Å². The smallest absolute Gasteiger partial charge is 0.338 e. The Labute approximate surface area is 188 Å². The van der Waals surface area contributed by atoms with Gasteiger partial charge in [0.25, 0.3) is 11.6 Å². The highest BCUT2D eigenvalue weighted by atomic mass is 32.2. The third kappa shape index (κ3) is 5.30. The lowest BCUT2D eigenvalue weighted by atomic mass is 10.1. The lowest BCUT2D eigenvalue weighted by Crippen LogP contribution is -2.22. The molecular weight excluding hydrogens is 434 g/mol. The maximum atomic E-state index is 12.4. The molecule has 0 saturated heterocycles. The lowest BCUT2D eigenvalue weighted by molar-refractivity contribution is -0.387. The van der Waals surface area contributed by atoms with E-state index in [1.807, 2.05) is 32.0 Å². The minimum absolute atomic E-state index is 0.0306. The van der Waals surface area contributed by atoms with Crippen molar-refractivity contribution in [3.63, 3.8) is 0 Å². The van der Waals surface area contributed by atoms with Gasteiger partial charge in [0.05, 0.1) is 15.4 Å². The molecule has 3 aromatic rings. The first-order valence-electron chi connectivity index (χ1n) is 9.66. The van der Waals surface area contributed by atoms with Gasteiger partial charge in [-0.3, -0.25) is 14.9 Å². The average molecular weight is 455 g/mol. The lowest BCUT2D eigenvalue weighted by Gasteiger charge is -2.13. The van der Waals surface area contributed by atoms with E-state index in [-0.39, 0.29) is 11.3 Å². The summed E-state index contributed by atoms with van der Waals surface area (Å²) in [5.74, 6) is -1.33. The number of hydrogen-bond donors (Lipinski definition) is 1. The normalized spacial score (nSPS) is 10.6. The molecule has 11 heteroatoms. The second kappa shape index (κ2) is 10.1. The highest BCUT2D eigenvalue weighted by Crippen LogP contribution is 2.34. The van der Waals surface area contributed by atoms with Crippen molar-refractivity contribution in [1.82, 2.24) is 14.8 Å². The zero-order chi connectivity index (χ0) is 23.3. The first-order valence-corrected chi connectivity index (χ1v) is 10.5. The van der Waals surface area contributed by atoms with Crippen molar-refractivity contribution >= 4 is 35.0 Å². The predicted molar refractivity (Wildman–Crippen MR) is 118 cm³/mol. The van der Waals surface area contributed by atoms with Crippen LogP contribution in [-0.4, -0.2) is 38.2 Å². The van der Waals surface area contributed by atoms with E-state index in [0.717, 1.165) is 35.4 Å². The van der Waals surface area contributed by atoms with Crippen LogP contribution in [0.4, 0.5) is 11.4 Å². The summed E-state index contributed by atoms with van der Waals surface area (Å²) >= 11 is 1.05. The fourth-order valence-electron chi connectivity index (χ4n) is 2.93. The summed E-state index contributed by atoms with van der Waals surface area (Å²) < 4.78 is 6.69. The largest absolute Gasteiger partial charge is 0.452 e. The minimum atomic E-state index is -0.834. The number of para-hydroxylation sites is 1. The molecular formula is C21H21N5O5S. The van der Waals surface area contributed by atoms with E-state index in [4.69, 9.17) is 4.74 Å². The topological polar surface area (TPSA) is 129 Å². The number of aryl methyl sites for hydroxylation is 3. The van der Waals surface area contributed by atoms with Gasteiger partial charge < -0.3 is 14.6 Å². The van der Waals surface area contributed by atoms with E-state index >= 15 is 0 Å². The van der Waals surface area contributed by atoms with Crippen molar-refractivity contribution in [3.05, 3.63) is 69.5 Å². The zero-order valence-electron chi connectivity index (χ0n) is 17.7. The Kier molecular flexibility index (Phi) is 7.21. The molecule has 0 saturated carbocycles. The maximum absolute atomic E-state index is 12.4. The molecule has 166 valence electrons. The van der Waals surface area contributed by atoms with Crippen LogP contribution in [0.3, 0.4) is 0 Å². The molecule has 0 fully saturated rings. The van der Waals surface area contributed by atoms with E-state index in [0.29, 0.717) is 15.7 Å². The molecule has 32 heavy (non-hydrogen) atoms. The van der Waals surface area contributed by atoms with E-state index in [2.05, 4.69) is 15.5 Å². The molecule has 0 bridgehead atoms. The number of anilines is 1. The quantitative estimate of drug-likeness (QED) is 0.310. The summed E-state index contributed by atoms with van der Waals surface area (Å²) in [5, 5.41) is 22.4. The standard InChI is InChI=1S/C21H21N5O5S/c1-4-14-7-5-6-13(2)19(14)23-18(27)11-31-20(28)15-8-9-17(16(10-15)26(29)30)32-21-24-22-12-25(21)3/h5-10,12H,4,11H2,1-3H3,(H,23,27). The van der Waals surface area contributed by atoms with Gasteiger partial charge in [-0.15, -0.1) is 10.2 Å². The van der Waals surface area contributed by atoms with Crippen LogP contribution >= 0.6 is 11.8 Å². The number of esters is 1. The van der Waals surface area contributed by atoms with Gasteiger partial charge in [0.2, 0.25) is 0 Å². The summed E-state index contributed by atoms with van der Waals surface area (Å²) in [6, 6.07) is 9.66. The summed E-state index contributed by atoms with van der Waals surface area (Å²) in [5.41, 5.74) is 2.25. The second-order valence-corrected chi connectivity index (χ2v) is 7.86. The fourth-order valence-corrected chi connectivity index (χ4v) is 3.78. The van der Waals surface area contributed by atoms with Gasteiger partial charge in [-0.25, -0.2) is 4.79 Å². The van der Waals surface area contributed by atoms with Crippen LogP contribution in [0, 0.1) is 17.0 Å². The summed E-state index contributed by atoms with van der Waals surface area (Å²) in [6.07, 6.45) is 2.21. The minimum Gasteiger partial charge on any atom is -0.452 e. The average Bonchev–Trinajstić information content (AvgIpc) is 3.17. The first-order chi connectivity index (χ1) is 15.3. The Morgan fingerprint density at radius 3 is 2.72 bits per heavy atom. The molecule has 1 amide bonds. The molecule has 0 spiro atoms. The predicted octanol–water partition coefficient (Wildman–Crippen LogP) is 3.54. The van der Waals surface area contributed by atoms with E-state index in [1.54, 1.807) is 11.6 Å². The number of amides is 1. The number of nitro groups is 1. The Morgan fingerprint density at radius 2 is 2.06 bits per heavy atom. The number of benzene rings is 2. The Bertz CT molecular complexity index is 1180. The number of nitro benzene ring substituents is 1. The highest BCUT2D eigenvalue weighted by Gasteiger charge is 2.21. The van der Waals surface area contributed by atoms with Crippen molar-refractivity contribution in [3.8, 4) is 0 Å². The van der Waals surface area contributed by atoms with E-state index in [9.17, 15) is 19.7 Å². The summed E-state index contributed by atoms with van der Waals surface area (Å²) in [6.45, 7) is 3.34. The molecule has 0 unspecified atom stereocenters. The van der Waals surface area contributed by atoms with Crippen LogP contribution in [0.15, 0.2) is 52.8 Å². The maximum Gasteiger partial charge on any atom is 0.338 e. The van der Waals surface area contributed by atoms with Crippen LogP contribution in [0.5, 0.6) is 0 Å². The van der Waals surface area contributed by atoms with Crippen molar-refractivity contribution in [2.45, 2.75) is 30.3 Å². The third-order valence-electron chi connectivity index (χ3n) is 4.60. The molecule has 0 aliphatic rings. The van der Waals surface area contributed by atoms with Crippen molar-refractivity contribution in [2.75, 3.05) is 11.9 Å². The highest BCUT2D eigenvalue weighted by molar-refractivity contribution is 7.99. The van der Waals surface area contributed by atoms with Gasteiger partial charge >= 0.3 is 5.97 Å². The number of carbonyl (C=O) groups is 2. The summed E-state index contributed by atoms with van der Waals surface area (Å²) in [7, 11) is 1.71. The Balaban J connectivity index is 1.68. The molecule has 2 aromatic carbocycles. The molecule has 1 N–H and O–H groups in total. The Morgan fingerprint density at radius 1 is 1.28 bits per heavy atom. The molecule has 0 radical (unpaired) electrons. The molecule has 10 nitrogen and oxygen atoms in total. The number of rotatable bonds is 8. The van der Waals surface area contributed by atoms with Crippen LogP contribution < -0.4 is 5.32 Å². The van der Waals surface area contributed by atoms with Crippen LogP contribution in [0.25, 0.3) is 0 Å². The number of ether oxygens (including phenoxy) is 1. The van der Waals surface area contributed by atoms with E-state index in [1.165, 1.54) is 18.5 Å². The molecule has 3 rings (SSSR count). The first kappa shape index (κ1) is 22.9. The van der Waals surface area contributed by atoms with Gasteiger partial charge in [0, 0.05) is 18.8 Å².